The zero-order valence-electron chi connectivity index (χ0n) is 12.0. The smallest absolute Gasteiger partial charge is 0.131 e. The molecule has 0 aliphatic rings. The Kier molecular flexibility index (Phi) is 5.16. The highest BCUT2D eigenvalue weighted by molar-refractivity contribution is 5.38. The van der Waals surface area contributed by atoms with Crippen molar-refractivity contribution >= 4 is 0 Å². The summed E-state index contributed by atoms with van der Waals surface area (Å²) in [6.07, 6.45) is 0. The van der Waals surface area contributed by atoms with Crippen LogP contribution in [-0.2, 0) is 13.2 Å². The molecule has 0 bridgehead atoms. The normalized spacial score (nSPS) is 10.8. The number of hydrogen-bond acceptors (Lipinski definition) is 3. The zero-order valence-corrected chi connectivity index (χ0v) is 12.0. The summed E-state index contributed by atoms with van der Waals surface area (Å²) in [5, 5.41) is 12.6. The summed E-state index contributed by atoms with van der Waals surface area (Å²) in [4.78, 5) is 0. The molecule has 0 saturated carbocycles. The van der Waals surface area contributed by atoms with Gasteiger partial charge >= 0.3 is 0 Å². The fourth-order valence-corrected chi connectivity index (χ4v) is 1.90. The van der Waals surface area contributed by atoms with Crippen molar-refractivity contribution in [3.63, 3.8) is 0 Å². The molecule has 0 aliphatic heterocycles. The molecule has 3 heteroatoms. The van der Waals surface area contributed by atoms with Crippen molar-refractivity contribution < 1.29 is 9.84 Å². The Balaban J connectivity index is 2.15. The largest absolute Gasteiger partial charge is 0.457 e. The maximum atomic E-state index is 9.16. The summed E-state index contributed by atoms with van der Waals surface area (Å²) in [7, 11) is 0. The third-order valence-electron chi connectivity index (χ3n) is 2.98. The van der Waals surface area contributed by atoms with E-state index in [0.29, 0.717) is 6.04 Å². The number of aliphatic hydroxyl groups is 1. The Hall–Kier alpha value is -1.84. The van der Waals surface area contributed by atoms with Crippen molar-refractivity contribution in [2.24, 2.45) is 0 Å². The number of para-hydroxylation sites is 1. The summed E-state index contributed by atoms with van der Waals surface area (Å²) in [6.45, 7) is 5.03. The third kappa shape index (κ3) is 4.08. The van der Waals surface area contributed by atoms with Gasteiger partial charge in [-0.1, -0.05) is 44.2 Å². The van der Waals surface area contributed by atoms with Crippen LogP contribution in [0.1, 0.15) is 25.0 Å². The average molecular weight is 271 g/mol. The Bertz CT molecular complexity index is 552. The first kappa shape index (κ1) is 14.6. The molecule has 3 nitrogen and oxygen atoms in total. The molecule has 0 heterocycles. The lowest BCUT2D eigenvalue weighted by atomic mass is 10.2. The molecule has 0 radical (unpaired) electrons. The molecule has 20 heavy (non-hydrogen) atoms. The molecule has 0 amide bonds. The molecular formula is C17H21NO2. The van der Waals surface area contributed by atoms with Crippen molar-refractivity contribution in [2.45, 2.75) is 33.0 Å². The highest BCUT2D eigenvalue weighted by Crippen LogP contribution is 2.26. The van der Waals surface area contributed by atoms with Gasteiger partial charge < -0.3 is 15.2 Å². The van der Waals surface area contributed by atoms with Crippen molar-refractivity contribution in [1.82, 2.24) is 5.32 Å². The SMILES string of the molecule is CC(C)NCc1ccccc1Oc1cccc(CO)c1. The molecule has 0 spiro atoms. The minimum atomic E-state index is 0.0216. The minimum absolute atomic E-state index is 0.0216. The van der Waals surface area contributed by atoms with Gasteiger partial charge in [0, 0.05) is 18.2 Å². The van der Waals surface area contributed by atoms with Crippen LogP contribution in [0.5, 0.6) is 11.5 Å². The van der Waals surface area contributed by atoms with Crippen molar-refractivity contribution in [3.05, 3.63) is 59.7 Å². The summed E-state index contributed by atoms with van der Waals surface area (Å²) >= 11 is 0. The van der Waals surface area contributed by atoms with E-state index in [9.17, 15) is 0 Å². The van der Waals surface area contributed by atoms with Crippen molar-refractivity contribution in [3.8, 4) is 11.5 Å². The first-order valence-electron chi connectivity index (χ1n) is 6.88. The van der Waals surface area contributed by atoms with Gasteiger partial charge in [-0.2, -0.15) is 0 Å². The van der Waals surface area contributed by atoms with E-state index in [1.54, 1.807) is 0 Å². The second-order valence-corrected chi connectivity index (χ2v) is 5.05. The van der Waals surface area contributed by atoms with Crippen LogP contribution >= 0.6 is 0 Å². The molecule has 0 aliphatic carbocycles. The van der Waals surface area contributed by atoms with Crippen LogP contribution < -0.4 is 10.1 Å². The van der Waals surface area contributed by atoms with Gasteiger partial charge in [0.15, 0.2) is 0 Å². The molecule has 106 valence electrons. The lowest BCUT2D eigenvalue weighted by Crippen LogP contribution is -2.22. The van der Waals surface area contributed by atoms with E-state index in [1.165, 1.54) is 0 Å². The molecule has 2 N–H and O–H groups in total. The predicted octanol–water partition coefficient (Wildman–Crippen LogP) is 3.47. The molecule has 0 aromatic heterocycles. The van der Waals surface area contributed by atoms with Crippen molar-refractivity contribution in [2.75, 3.05) is 0 Å². The van der Waals surface area contributed by atoms with E-state index in [1.807, 2.05) is 42.5 Å². The standard InChI is InChI=1S/C17H21NO2/c1-13(2)18-11-15-7-3-4-9-17(15)20-16-8-5-6-14(10-16)12-19/h3-10,13,18-19H,11-12H2,1-2H3. The third-order valence-corrected chi connectivity index (χ3v) is 2.98. The average Bonchev–Trinajstić information content (AvgIpc) is 2.46. The Morgan fingerprint density at radius 2 is 1.90 bits per heavy atom. The lowest BCUT2D eigenvalue weighted by Gasteiger charge is -2.13. The van der Waals surface area contributed by atoms with Crippen molar-refractivity contribution in [1.29, 1.82) is 0 Å². The molecule has 0 fully saturated rings. The number of aliphatic hydroxyl groups excluding tert-OH is 1. The Morgan fingerprint density at radius 1 is 1.10 bits per heavy atom. The van der Waals surface area contributed by atoms with E-state index in [-0.39, 0.29) is 6.61 Å². The van der Waals surface area contributed by atoms with Crippen LogP contribution in [0.25, 0.3) is 0 Å². The lowest BCUT2D eigenvalue weighted by molar-refractivity contribution is 0.281. The number of nitrogens with one attached hydrogen (secondary N) is 1. The second kappa shape index (κ2) is 7.08. The number of benzene rings is 2. The predicted molar refractivity (Wildman–Crippen MR) is 80.9 cm³/mol. The molecular weight excluding hydrogens is 250 g/mol. The molecule has 2 aromatic carbocycles. The van der Waals surface area contributed by atoms with Crippen LogP contribution in [0.4, 0.5) is 0 Å². The molecule has 0 unspecified atom stereocenters. The maximum absolute atomic E-state index is 9.16. The fourth-order valence-electron chi connectivity index (χ4n) is 1.90. The number of ether oxygens (including phenoxy) is 1. The first-order valence-corrected chi connectivity index (χ1v) is 6.88. The van der Waals surface area contributed by atoms with Crippen LogP contribution in [0.2, 0.25) is 0 Å². The highest BCUT2D eigenvalue weighted by atomic mass is 16.5. The topological polar surface area (TPSA) is 41.5 Å². The number of hydrogen-bond donors (Lipinski definition) is 2. The van der Waals surface area contributed by atoms with Crippen LogP contribution in [0.15, 0.2) is 48.5 Å². The molecule has 0 atom stereocenters. The van der Waals surface area contributed by atoms with E-state index < -0.39 is 0 Å². The Morgan fingerprint density at radius 3 is 2.65 bits per heavy atom. The first-order chi connectivity index (χ1) is 9.69. The number of rotatable bonds is 6. The van der Waals surface area contributed by atoms with E-state index in [0.717, 1.165) is 29.2 Å². The van der Waals surface area contributed by atoms with E-state index in [4.69, 9.17) is 9.84 Å². The van der Waals surface area contributed by atoms with E-state index in [2.05, 4.69) is 25.2 Å². The maximum Gasteiger partial charge on any atom is 0.131 e. The summed E-state index contributed by atoms with van der Waals surface area (Å²) in [5.41, 5.74) is 1.97. The highest BCUT2D eigenvalue weighted by Gasteiger charge is 2.05. The van der Waals surface area contributed by atoms with Crippen LogP contribution in [0, 0.1) is 0 Å². The molecule has 2 rings (SSSR count). The van der Waals surface area contributed by atoms with E-state index >= 15 is 0 Å². The summed E-state index contributed by atoms with van der Waals surface area (Å²) in [5.74, 6) is 1.59. The van der Waals surface area contributed by atoms with Gasteiger partial charge in [0.1, 0.15) is 11.5 Å². The molecule has 2 aromatic rings. The van der Waals surface area contributed by atoms with Gasteiger partial charge in [-0.05, 0) is 23.8 Å². The minimum Gasteiger partial charge on any atom is -0.457 e. The van der Waals surface area contributed by atoms with Crippen LogP contribution in [-0.4, -0.2) is 11.1 Å². The quantitative estimate of drug-likeness (QED) is 0.845. The summed E-state index contributed by atoms with van der Waals surface area (Å²) < 4.78 is 5.93. The van der Waals surface area contributed by atoms with Gasteiger partial charge in [0.25, 0.3) is 0 Å². The van der Waals surface area contributed by atoms with Gasteiger partial charge in [-0.3, -0.25) is 0 Å². The summed E-state index contributed by atoms with van der Waals surface area (Å²) in [6, 6.07) is 15.9. The second-order valence-electron chi connectivity index (χ2n) is 5.05. The van der Waals surface area contributed by atoms with Gasteiger partial charge in [0.05, 0.1) is 6.61 Å². The monoisotopic (exact) mass is 271 g/mol. The van der Waals surface area contributed by atoms with Crippen LogP contribution in [0.3, 0.4) is 0 Å². The van der Waals surface area contributed by atoms with Gasteiger partial charge in [-0.15, -0.1) is 0 Å². The van der Waals surface area contributed by atoms with Gasteiger partial charge in [-0.25, -0.2) is 0 Å². The zero-order chi connectivity index (χ0) is 14.4. The fraction of sp³-hybridized carbons (Fsp3) is 0.294. The Labute approximate surface area is 120 Å². The molecule has 0 saturated heterocycles. The van der Waals surface area contributed by atoms with Gasteiger partial charge in [0.2, 0.25) is 0 Å².